The molecular formula is C14H17ClFNO5S. The summed E-state index contributed by atoms with van der Waals surface area (Å²) in [6.07, 6.45) is 0.668. The fourth-order valence-electron chi connectivity index (χ4n) is 2.07. The number of hydrogen-bond acceptors (Lipinski definition) is 5. The molecule has 1 aliphatic heterocycles. The van der Waals surface area contributed by atoms with E-state index in [1.807, 2.05) is 0 Å². The fraction of sp³-hybridized carbons (Fsp3) is 0.500. The van der Waals surface area contributed by atoms with E-state index in [4.69, 9.17) is 21.1 Å². The molecule has 1 aliphatic rings. The Kier molecular flexibility index (Phi) is 5.96. The first-order chi connectivity index (χ1) is 10.8. The van der Waals surface area contributed by atoms with Gasteiger partial charge in [-0.15, -0.1) is 0 Å². The van der Waals surface area contributed by atoms with E-state index in [0.717, 1.165) is 25.0 Å². The number of nitrogens with one attached hydrogen (secondary N) is 1. The van der Waals surface area contributed by atoms with Gasteiger partial charge >= 0.3 is 0 Å². The molecule has 1 heterocycles. The Balaban J connectivity index is 1.97. The van der Waals surface area contributed by atoms with Crippen LogP contribution < -0.4 is 4.72 Å². The van der Waals surface area contributed by atoms with Gasteiger partial charge in [-0.3, -0.25) is 4.79 Å². The van der Waals surface area contributed by atoms with E-state index in [-0.39, 0.29) is 17.7 Å². The summed E-state index contributed by atoms with van der Waals surface area (Å²) in [5.74, 6) is -1.91. The van der Waals surface area contributed by atoms with Gasteiger partial charge in [0, 0.05) is 11.6 Å². The van der Waals surface area contributed by atoms with Crippen molar-refractivity contribution in [3.05, 3.63) is 29.0 Å². The molecule has 1 saturated heterocycles. The number of amides is 1. The molecule has 0 unspecified atom stereocenters. The third kappa shape index (κ3) is 4.87. The molecule has 0 aromatic heterocycles. The zero-order valence-corrected chi connectivity index (χ0v) is 14.0. The number of benzene rings is 1. The van der Waals surface area contributed by atoms with Gasteiger partial charge in [0.1, 0.15) is 16.8 Å². The van der Waals surface area contributed by atoms with Gasteiger partial charge in [-0.1, -0.05) is 11.6 Å². The normalized spacial score (nSPS) is 19.5. The summed E-state index contributed by atoms with van der Waals surface area (Å²) in [5.41, 5.74) is 0. The summed E-state index contributed by atoms with van der Waals surface area (Å²) in [5, 5.41) is 0.0565. The standard InChI is InChI=1S/C14H17ClFNO5S/c1-9(22-8-11-3-2-6-21-11)14(18)17-23(19,20)13-5-4-10(15)7-12(13)16/h4-5,7,9,11H,2-3,6,8H2,1H3,(H,17,18)/t9-,11+/m1/s1. The first-order valence-corrected chi connectivity index (χ1v) is 8.90. The number of carbonyl (C=O) groups is 1. The summed E-state index contributed by atoms with van der Waals surface area (Å²) in [6, 6.07) is 3.07. The van der Waals surface area contributed by atoms with Gasteiger partial charge in [0.05, 0.1) is 12.7 Å². The summed E-state index contributed by atoms with van der Waals surface area (Å²) in [6.45, 7) is 2.26. The van der Waals surface area contributed by atoms with Crippen molar-refractivity contribution in [1.29, 1.82) is 0 Å². The maximum atomic E-state index is 13.7. The van der Waals surface area contributed by atoms with Gasteiger partial charge in [0.15, 0.2) is 0 Å². The Bertz CT molecular complexity index is 676. The van der Waals surface area contributed by atoms with E-state index in [2.05, 4.69) is 0 Å². The van der Waals surface area contributed by atoms with Crippen LogP contribution in [0.3, 0.4) is 0 Å². The number of hydrogen-bond donors (Lipinski definition) is 1. The summed E-state index contributed by atoms with van der Waals surface area (Å²) in [7, 11) is -4.33. The number of carbonyl (C=O) groups excluding carboxylic acids is 1. The van der Waals surface area contributed by atoms with Gasteiger partial charge in [0.2, 0.25) is 0 Å². The lowest BCUT2D eigenvalue weighted by molar-refractivity contribution is -0.131. The smallest absolute Gasteiger partial charge is 0.267 e. The van der Waals surface area contributed by atoms with Crippen LogP contribution in [0.2, 0.25) is 5.02 Å². The molecule has 2 rings (SSSR count). The van der Waals surface area contributed by atoms with Crippen LogP contribution in [0.1, 0.15) is 19.8 Å². The van der Waals surface area contributed by atoms with E-state index in [0.29, 0.717) is 6.61 Å². The minimum atomic E-state index is -4.33. The molecule has 23 heavy (non-hydrogen) atoms. The van der Waals surface area contributed by atoms with Crippen LogP contribution in [-0.4, -0.2) is 39.7 Å². The highest BCUT2D eigenvalue weighted by Gasteiger charge is 2.26. The molecule has 0 bridgehead atoms. The van der Waals surface area contributed by atoms with E-state index in [9.17, 15) is 17.6 Å². The van der Waals surface area contributed by atoms with Crippen LogP contribution in [-0.2, 0) is 24.3 Å². The van der Waals surface area contributed by atoms with Crippen molar-refractivity contribution < 1.29 is 27.1 Å². The largest absolute Gasteiger partial charge is 0.376 e. The lowest BCUT2D eigenvalue weighted by atomic mass is 10.2. The number of ether oxygens (including phenoxy) is 2. The molecule has 1 fully saturated rings. The lowest BCUT2D eigenvalue weighted by Gasteiger charge is -2.16. The summed E-state index contributed by atoms with van der Waals surface area (Å²) in [4.78, 5) is 11.3. The lowest BCUT2D eigenvalue weighted by Crippen LogP contribution is -2.39. The molecule has 6 nitrogen and oxygen atoms in total. The molecule has 0 spiro atoms. The molecule has 0 radical (unpaired) electrons. The first-order valence-electron chi connectivity index (χ1n) is 7.04. The van der Waals surface area contributed by atoms with Crippen molar-refractivity contribution in [3.8, 4) is 0 Å². The second-order valence-electron chi connectivity index (χ2n) is 5.16. The van der Waals surface area contributed by atoms with E-state index < -0.39 is 32.7 Å². The molecule has 1 aromatic rings. The second-order valence-corrected chi connectivity index (χ2v) is 7.24. The molecule has 9 heteroatoms. The molecule has 128 valence electrons. The van der Waals surface area contributed by atoms with E-state index >= 15 is 0 Å². The predicted molar refractivity (Wildman–Crippen MR) is 81.1 cm³/mol. The Labute approximate surface area is 139 Å². The molecule has 1 N–H and O–H groups in total. The fourth-order valence-corrected chi connectivity index (χ4v) is 3.33. The molecule has 1 aromatic carbocycles. The topological polar surface area (TPSA) is 81.7 Å². The first kappa shape index (κ1) is 18.1. The van der Waals surface area contributed by atoms with Crippen LogP contribution in [0.4, 0.5) is 4.39 Å². The molecule has 0 aliphatic carbocycles. The van der Waals surface area contributed by atoms with Crippen LogP contribution >= 0.6 is 11.6 Å². The van der Waals surface area contributed by atoms with Gasteiger partial charge in [-0.25, -0.2) is 17.5 Å². The van der Waals surface area contributed by atoms with Crippen molar-refractivity contribution in [2.75, 3.05) is 13.2 Å². The third-order valence-corrected chi connectivity index (χ3v) is 4.96. The Morgan fingerprint density at radius 3 is 2.91 bits per heavy atom. The zero-order valence-electron chi connectivity index (χ0n) is 12.4. The van der Waals surface area contributed by atoms with Crippen molar-refractivity contribution in [2.45, 2.75) is 36.9 Å². The second kappa shape index (κ2) is 7.57. The highest BCUT2D eigenvalue weighted by atomic mass is 35.5. The van der Waals surface area contributed by atoms with Gasteiger partial charge in [0.25, 0.3) is 15.9 Å². The maximum Gasteiger partial charge on any atom is 0.267 e. The molecule has 1 amide bonds. The van der Waals surface area contributed by atoms with Crippen molar-refractivity contribution in [2.24, 2.45) is 0 Å². The minimum Gasteiger partial charge on any atom is -0.376 e. The Hall–Kier alpha value is -1.22. The quantitative estimate of drug-likeness (QED) is 0.832. The highest BCUT2D eigenvalue weighted by molar-refractivity contribution is 7.90. The van der Waals surface area contributed by atoms with E-state index in [1.54, 1.807) is 4.72 Å². The summed E-state index contributed by atoms with van der Waals surface area (Å²) >= 11 is 5.57. The maximum absolute atomic E-state index is 13.7. The van der Waals surface area contributed by atoms with Crippen LogP contribution in [0, 0.1) is 5.82 Å². The average Bonchev–Trinajstić information content (AvgIpc) is 2.96. The Morgan fingerprint density at radius 1 is 1.57 bits per heavy atom. The third-order valence-electron chi connectivity index (χ3n) is 3.34. The van der Waals surface area contributed by atoms with E-state index in [1.165, 1.54) is 13.0 Å². The predicted octanol–water partition coefficient (Wildman–Crippen LogP) is 1.87. The zero-order chi connectivity index (χ0) is 17.0. The van der Waals surface area contributed by atoms with Gasteiger partial charge in [-0.05, 0) is 38.0 Å². The molecule has 0 saturated carbocycles. The van der Waals surface area contributed by atoms with Crippen LogP contribution in [0.15, 0.2) is 23.1 Å². The number of rotatable bonds is 6. The Morgan fingerprint density at radius 2 is 2.30 bits per heavy atom. The highest BCUT2D eigenvalue weighted by Crippen LogP contribution is 2.19. The van der Waals surface area contributed by atoms with Gasteiger partial charge < -0.3 is 9.47 Å². The molecule has 2 atom stereocenters. The average molecular weight is 366 g/mol. The SMILES string of the molecule is C[C@@H](OC[C@@H]1CCCO1)C(=O)NS(=O)(=O)c1ccc(Cl)cc1F. The van der Waals surface area contributed by atoms with Crippen molar-refractivity contribution in [1.82, 2.24) is 4.72 Å². The summed E-state index contributed by atoms with van der Waals surface area (Å²) < 4.78 is 50.2. The molecular weight excluding hydrogens is 349 g/mol. The van der Waals surface area contributed by atoms with Crippen molar-refractivity contribution >= 4 is 27.5 Å². The number of sulfonamides is 1. The van der Waals surface area contributed by atoms with Gasteiger partial charge in [-0.2, -0.15) is 0 Å². The monoisotopic (exact) mass is 365 g/mol. The van der Waals surface area contributed by atoms with Crippen LogP contribution in [0.25, 0.3) is 0 Å². The number of halogens is 2. The minimum absolute atomic E-state index is 0.0565. The van der Waals surface area contributed by atoms with Crippen LogP contribution in [0.5, 0.6) is 0 Å². The van der Waals surface area contributed by atoms with Crippen molar-refractivity contribution in [3.63, 3.8) is 0 Å².